The summed E-state index contributed by atoms with van der Waals surface area (Å²) in [7, 11) is 1.78. The molecule has 1 atom stereocenters. The van der Waals surface area contributed by atoms with Crippen LogP contribution in [-0.2, 0) is 17.7 Å². The van der Waals surface area contributed by atoms with Crippen LogP contribution in [0.1, 0.15) is 32.2 Å². The number of guanidine groups is 1. The van der Waals surface area contributed by atoms with Crippen LogP contribution in [0.3, 0.4) is 0 Å². The average molecular weight is 465 g/mol. The Bertz CT molecular complexity index is 515. The number of rotatable bonds is 7. The van der Waals surface area contributed by atoms with Gasteiger partial charge in [-0.1, -0.05) is 25.9 Å². The highest BCUT2D eigenvalue weighted by Crippen LogP contribution is 2.12. The van der Waals surface area contributed by atoms with Gasteiger partial charge in [-0.2, -0.15) is 0 Å². The topological polar surface area (TPSA) is 74.9 Å². The fourth-order valence-electron chi connectivity index (χ4n) is 2.89. The summed E-state index contributed by atoms with van der Waals surface area (Å²) in [6.07, 6.45) is 0.881. The van der Waals surface area contributed by atoms with Gasteiger partial charge in [0.15, 0.2) is 11.7 Å². The van der Waals surface area contributed by atoms with Crippen LogP contribution in [0.15, 0.2) is 15.6 Å². The summed E-state index contributed by atoms with van der Waals surface area (Å²) < 4.78 is 10.8. The van der Waals surface area contributed by atoms with Crippen molar-refractivity contribution in [3.63, 3.8) is 0 Å². The number of ether oxygens (including phenoxy) is 1. The third-order valence-electron chi connectivity index (χ3n) is 4.39. The van der Waals surface area contributed by atoms with Crippen LogP contribution in [0.5, 0.6) is 0 Å². The molecule has 25 heavy (non-hydrogen) atoms. The van der Waals surface area contributed by atoms with Gasteiger partial charge in [-0.15, -0.1) is 24.0 Å². The third-order valence-corrected chi connectivity index (χ3v) is 4.39. The number of aryl methyl sites for hydroxylation is 1. The van der Waals surface area contributed by atoms with Gasteiger partial charge in [0.2, 0.25) is 0 Å². The number of hydrogen-bond donors (Lipinski definition) is 2. The Morgan fingerprint density at radius 1 is 1.32 bits per heavy atom. The monoisotopic (exact) mass is 465 g/mol. The molecule has 1 aromatic rings. The molecular weight excluding hydrogens is 433 g/mol. The van der Waals surface area contributed by atoms with E-state index in [1.54, 1.807) is 7.05 Å². The van der Waals surface area contributed by atoms with Gasteiger partial charge in [0, 0.05) is 38.8 Å². The van der Waals surface area contributed by atoms with Crippen molar-refractivity contribution in [2.45, 2.75) is 39.8 Å². The predicted molar refractivity (Wildman–Crippen MR) is 111 cm³/mol. The molecule has 1 aliphatic heterocycles. The van der Waals surface area contributed by atoms with E-state index in [4.69, 9.17) is 9.26 Å². The van der Waals surface area contributed by atoms with Gasteiger partial charge in [0.25, 0.3) is 0 Å². The minimum Gasteiger partial charge on any atom is -0.379 e. The number of nitrogens with one attached hydrogen (secondary N) is 2. The van der Waals surface area contributed by atoms with Crippen LogP contribution in [-0.4, -0.2) is 62.0 Å². The van der Waals surface area contributed by atoms with Crippen LogP contribution in [0.25, 0.3) is 0 Å². The van der Waals surface area contributed by atoms with Crippen molar-refractivity contribution >= 4 is 29.9 Å². The number of aromatic nitrogens is 1. The predicted octanol–water partition coefficient (Wildman–Crippen LogP) is 1.88. The van der Waals surface area contributed by atoms with E-state index in [2.05, 4.69) is 46.5 Å². The first-order valence-corrected chi connectivity index (χ1v) is 8.84. The second-order valence-electron chi connectivity index (χ2n) is 6.40. The zero-order valence-corrected chi connectivity index (χ0v) is 18.1. The maximum Gasteiger partial charge on any atom is 0.191 e. The highest BCUT2D eigenvalue weighted by atomic mass is 127. The zero-order valence-electron chi connectivity index (χ0n) is 15.7. The molecule has 0 radical (unpaired) electrons. The summed E-state index contributed by atoms with van der Waals surface area (Å²) in [4.78, 5) is 6.79. The lowest BCUT2D eigenvalue weighted by Crippen LogP contribution is -2.52. The van der Waals surface area contributed by atoms with E-state index in [1.807, 2.05) is 6.07 Å². The Morgan fingerprint density at radius 3 is 2.60 bits per heavy atom. The van der Waals surface area contributed by atoms with Crippen LogP contribution >= 0.6 is 24.0 Å². The summed E-state index contributed by atoms with van der Waals surface area (Å²) >= 11 is 0. The zero-order chi connectivity index (χ0) is 17.4. The molecule has 2 heterocycles. The van der Waals surface area contributed by atoms with Crippen molar-refractivity contribution in [1.29, 1.82) is 0 Å². The van der Waals surface area contributed by atoms with E-state index in [-0.39, 0.29) is 24.0 Å². The molecule has 0 amide bonds. The van der Waals surface area contributed by atoms with Crippen molar-refractivity contribution in [1.82, 2.24) is 20.7 Å². The SMILES string of the molecule is CCc1cc(CNC(=NC)NCC(C(C)C)N2CCOCC2)on1.I. The summed E-state index contributed by atoms with van der Waals surface area (Å²) in [5.74, 6) is 2.17. The molecule has 1 saturated heterocycles. The summed E-state index contributed by atoms with van der Waals surface area (Å²) in [5.41, 5.74) is 0.974. The lowest BCUT2D eigenvalue weighted by molar-refractivity contribution is 0.00752. The maximum absolute atomic E-state index is 5.46. The van der Waals surface area contributed by atoms with E-state index in [0.717, 1.165) is 56.7 Å². The largest absolute Gasteiger partial charge is 0.379 e. The summed E-state index contributed by atoms with van der Waals surface area (Å²) in [5, 5.41) is 10.7. The van der Waals surface area contributed by atoms with Gasteiger partial charge in [-0.05, 0) is 12.3 Å². The molecule has 8 heteroatoms. The molecule has 0 saturated carbocycles. The fraction of sp³-hybridized carbons (Fsp3) is 0.765. The van der Waals surface area contributed by atoms with Crippen LogP contribution < -0.4 is 10.6 Å². The summed E-state index contributed by atoms with van der Waals surface area (Å²) in [6.45, 7) is 11.7. The number of hydrogen-bond acceptors (Lipinski definition) is 5. The van der Waals surface area contributed by atoms with Crippen molar-refractivity contribution in [2.24, 2.45) is 10.9 Å². The second kappa shape index (κ2) is 11.7. The molecular formula is C17H32IN5O2. The molecule has 0 aromatic carbocycles. The first kappa shape index (κ1) is 22.2. The van der Waals surface area contributed by atoms with Crippen LogP contribution in [0.4, 0.5) is 0 Å². The second-order valence-corrected chi connectivity index (χ2v) is 6.40. The molecule has 1 fully saturated rings. The lowest BCUT2D eigenvalue weighted by atomic mass is 10.0. The van der Waals surface area contributed by atoms with E-state index in [1.165, 1.54) is 0 Å². The Labute approximate surface area is 168 Å². The van der Waals surface area contributed by atoms with Crippen molar-refractivity contribution in [2.75, 3.05) is 39.9 Å². The number of halogens is 1. The molecule has 7 nitrogen and oxygen atoms in total. The molecule has 1 unspecified atom stereocenters. The van der Waals surface area contributed by atoms with Gasteiger partial charge in [0.05, 0.1) is 25.5 Å². The fourth-order valence-corrected chi connectivity index (χ4v) is 2.89. The summed E-state index contributed by atoms with van der Waals surface area (Å²) in [6, 6.07) is 2.44. The normalized spacial score (nSPS) is 17.2. The van der Waals surface area contributed by atoms with E-state index in [9.17, 15) is 0 Å². The highest BCUT2D eigenvalue weighted by molar-refractivity contribution is 14.0. The lowest BCUT2D eigenvalue weighted by Gasteiger charge is -2.37. The van der Waals surface area contributed by atoms with Gasteiger partial charge in [-0.3, -0.25) is 9.89 Å². The first-order chi connectivity index (χ1) is 11.6. The van der Waals surface area contributed by atoms with E-state index in [0.29, 0.717) is 18.5 Å². The molecule has 1 aliphatic rings. The maximum atomic E-state index is 5.46. The minimum absolute atomic E-state index is 0. The van der Waals surface area contributed by atoms with Crippen LogP contribution in [0.2, 0.25) is 0 Å². The smallest absolute Gasteiger partial charge is 0.191 e. The Morgan fingerprint density at radius 2 is 2.04 bits per heavy atom. The number of nitrogens with zero attached hydrogens (tertiary/aromatic N) is 3. The Kier molecular flexibility index (Phi) is 10.4. The molecule has 0 aliphatic carbocycles. The van der Waals surface area contributed by atoms with Crippen molar-refractivity contribution < 1.29 is 9.26 Å². The highest BCUT2D eigenvalue weighted by Gasteiger charge is 2.23. The molecule has 144 valence electrons. The Hall–Kier alpha value is -0.870. The molecule has 2 N–H and O–H groups in total. The molecule has 1 aromatic heterocycles. The standard InChI is InChI=1S/C17H31N5O2.HI/c1-5-14-10-15(24-21-14)11-19-17(18-4)20-12-16(13(2)3)22-6-8-23-9-7-22;/h10,13,16H,5-9,11-12H2,1-4H3,(H2,18,19,20);1H. The number of morpholine rings is 1. The molecule has 0 bridgehead atoms. The minimum atomic E-state index is 0. The van der Waals surface area contributed by atoms with Gasteiger partial charge < -0.3 is 19.9 Å². The Balaban J connectivity index is 0.00000312. The van der Waals surface area contributed by atoms with E-state index < -0.39 is 0 Å². The first-order valence-electron chi connectivity index (χ1n) is 8.84. The molecule has 0 spiro atoms. The number of aliphatic imine (C=N–C) groups is 1. The van der Waals surface area contributed by atoms with Gasteiger partial charge >= 0.3 is 0 Å². The van der Waals surface area contributed by atoms with E-state index >= 15 is 0 Å². The third kappa shape index (κ3) is 7.10. The van der Waals surface area contributed by atoms with Crippen LogP contribution in [0, 0.1) is 5.92 Å². The molecule has 2 rings (SSSR count). The van der Waals surface area contributed by atoms with Gasteiger partial charge in [-0.25, -0.2) is 0 Å². The van der Waals surface area contributed by atoms with Crippen molar-refractivity contribution in [3.05, 3.63) is 17.5 Å². The average Bonchev–Trinajstić information content (AvgIpc) is 3.06. The quantitative estimate of drug-likeness (QED) is 0.364. The van der Waals surface area contributed by atoms with Crippen molar-refractivity contribution in [3.8, 4) is 0 Å². The van der Waals surface area contributed by atoms with Gasteiger partial charge in [0.1, 0.15) is 0 Å².